The van der Waals surface area contributed by atoms with Crippen molar-refractivity contribution in [3.05, 3.63) is 92.7 Å². The molecule has 2 heterocycles. The van der Waals surface area contributed by atoms with E-state index < -0.39 is 11.8 Å². The average Bonchev–Trinajstić information content (AvgIpc) is 3.36. The zero-order valence-corrected chi connectivity index (χ0v) is 17.6. The number of hydrogen-bond donors (Lipinski definition) is 2. The predicted octanol–water partition coefficient (Wildman–Crippen LogP) is 4.98. The molecule has 0 aliphatic rings. The molecule has 2 N–H and O–H groups in total. The van der Waals surface area contributed by atoms with E-state index >= 15 is 0 Å². The number of carbonyl (C=O) groups excluding carboxylic acids is 2. The third-order valence-corrected chi connectivity index (χ3v) is 5.71. The summed E-state index contributed by atoms with van der Waals surface area (Å²) in [5, 5.41) is 4.58. The first kappa shape index (κ1) is 20.2. The summed E-state index contributed by atoms with van der Waals surface area (Å²) >= 11 is 12.9. The molecule has 0 radical (unpaired) electrons. The lowest BCUT2D eigenvalue weighted by atomic mass is 10.1. The molecule has 0 fully saturated rings. The lowest BCUT2D eigenvalue weighted by Gasteiger charge is -2.07. The van der Waals surface area contributed by atoms with Gasteiger partial charge in [-0.3, -0.25) is 20.4 Å². The Bertz CT molecular complexity index is 1210. The molecule has 0 aliphatic carbocycles. The highest BCUT2D eigenvalue weighted by atomic mass is 35.5. The maximum atomic E-state index is 12.9. The Balaban J connectivity index is 1.62. The Morgan fingerprint density at radius 1 is 0.867 bits per heavy atom. The fourth-order valence-electron chi connectivity index (χ4n) is 2.81. The zero-order valence-electron chi connectivity index (χ0n) is 15.3. The number of aromatic nitrogens is 2. The zero-order chi connectivity index (χ0) is 21.1. The summed E-state index contributed by atoms with van der Waals surface area (Å²) in [4.78, 5) is 25.2. The van der Waals surface area contributed by atoms with E-state index in [0.29, 0.717) is 15.6 Å². The molecular weight excluding hydrogens is 443 g/mol. The minimum atomic E-state index is -0.562. The molecule has 150 valence electrons. The van der Waals surface area contributed by atoms with Gasteiger partial charge in [-0.2, -0.15) is 5.10 Å². The minimum Gasteiger partial charge on any atom is -0.267 e. The second kappa shape index (κ2) is 8.71. The number of benzene rings is 2. The van der Waals surface area contributed by atoms with Crippen LogP contribution in [0.4, 0.5) is 0 Å². The Labute approximate surface area is 186 Å². The first-order valence-corrected chi connectivity index (χ1v) is 10.4. The van der Waals surface area contributed by atoms with Gasteiger partial charge in [0.25, 0.3) is 11.8 Å². The van der Waals surface area contributed by atoms with Crippen LogP contribution in [0.2, 0.25) is 8.67 Å². The van der Waals surface area contributed by atoms with Gasteiger partial charge in [-0.05, 0) is 18.2 Å². The number of halogens is 2. The van der Waals surface area contributed by atoms with Crippen molar-refractivity contribution in [1.29, 1.82) is 0 Å². The van der Waals surface area contributed by atoms with Crippen LogP contribution < -0.4 is 10.9 Å². The Morgan fingerprint density at radius 3 is 2.07 bits per heavy atom. The highest BCUT2D eigenvalue weighted by Gasteiger charge is 2.20. The standard InChI is InChI=1S/C21H14Cl2N4O2S/c22-17-11-15(19(23)30-17)20(28)24-25-21(29)16-12-27(14-9-5-2-6-10-14)26-18(16)13-7-3-1-4-8-13/h1-12H,(H,24,28)(H,25,29). The smallest absolute Gasteiger partial charge is 0.267 e. The number of rotatable bonds is 4. The van der Waals surface area contributed by atoms with Gasteiger partial charge in [0.15, 0.2) is 0 Å². The first-order chi connectivity index (χ1) is 14.5. The maximum Gasteiger partial charge on any atom is 0.273 e. The van der Waals surface area contributed by atoms with Crippen molar-refractivity contribution < 1.29 is 9.59 Å². The SMILES string of the molecule is O=C(NNC(=O)c1cc(Cl)sc1Cl)c1cn(-c2ccccc2)nc1-c1ccccc1. The number of carbonyl (C=O) groups is 2. The number of para-hydroxylation sites is 1. The Hall–Kier alpha value is -3.13. The van der Waals surface area contributed by atoms with Gasteiger partial charge < -0.3 is 0 Å². The van der Waals surface area contributed by atoms with Gasteiger partial charge >= 0.3 is 0 Å². The maximum absolute atomic E-state index is 12.9. The fraction of sp³-hybridized carbons (Fsp3) is 0. The topological polar surface area (TPSA) is 76.0 Å². The lowest BCUT2D eigenvalue weighted by molar-refractivity contribution is 0.0847. The van der Waals surface area contributed by atoms with Crippen LogP contribution in [-0.4, -0.2) is 21.6 Å². The van der Waals surface area contributed by atoms with Crippen LogP contribution in [0.25, 0.3) is 16.9 Å². The van der Waals surface area contributed by atoms with Crippen molar-refractivity contribution in [3.63, 3.8) is 0 Å². The van der Waals surface area contributed by atoms with E-state index in [2.05, 4.69) is 16.0 Å². The van der Waals surface area contributed by atoms with Crippen molar-refractivity contribution >= 4 is 46.4 Å². The normalized spacial score (nSPS) is 10.6. The number of thiophene rings is 1. The summed E-state index contributed by atoms with van der Waals surface area (Å²) in [6, 6.07) is 20.2. The van der Waals surface area contributed by atoms with Crippen LogP contribution in [0.5, 0.6) is 0 Å². The van der Waals surface area contributed by atoms with Crippen LogP contribution in [0.3, 0.4) is 0 Å². The molecular formula is C21H14Cl2N4O2S. The molecule has 0 bridgehead atoms. The molecule has 0 unspecified atom stereocenters. The van der Waals surface area contributed by atoms with Gasteiger partial charge in [-0.25, -0.2) is 4.68 Å². The monoisotopic (exact) mass is 456 g/mol. The van der Waals surface area contributed by atoms with Crippen LogP contribution in [0.1, 0.15) is 20.7 Å². The highest BCUT2D eigenvalue weighted by Crippen LogP contribution is 2.31. The van der Waals surface area contributed by atoms with Gasteiger partial charge in [-0.1, -0.05) is 71.7 Å². The molecule has 30 heavy (non-hydrogen) atoms. The van der Waals surface area contributed by atoms with Gasteiger partial charge in [0.05, 0.1) is 21.2 Å². The number of nitrogens with zero attached hydrogens (tertiary/aromatic N) is 2. The summed E-state index contributed by atoms with van der Waals surface area (Å²) in [6.45, 7) is 0. The van der Waals surface area contributed by atoms with E-state index in [1.807, 2.05) is 60.7 Å². The summed E-state index contributed by atoms with van der Waals surface area (Å²) in [5.41, 5.74) is 7.35. The lowest BCUT2D eigenvalue weighted by Crippen LogP contribution is -2.41. The third kappa shape index (κ3) is 4.23. The van der Waals surface area contributed by atoms with Crippen LogP contribution in [-0.2, 0) is 0 Å². The molecule has 6 nitrogen and oxygen atoms in total. The number of nitrogens with one attached hydrogen (secondary N) is 2. The van der Waals surface area contributed by atoms with Crippen LogP contribution in [0.15, 0.2) is 72.9 Å². The van der Waals surface area contributed by atoms with Gasteiger partial charge in [0, 0.05) is 11.8 Å². The van der Waals surface area contributed by atoms with E-state index in [0.717, 1.165) is 22.6 Å². The number of amides is 2. The summed E-state index contributed by atoms with van der Waals surface area (Å²) in [6.07, 6.45) is 1.62. The highest BCUT2D eigenvalue weighted by molar-refractivity contribution is 7.20. The van der Waals surface area contributed by atoms with Crippen LogP contribution >= 0.6 is 34.5 Å². The largest absolute Gasteiger partial charge is 0.273 e. The molecule has 4 rings (SSSR count). The second-order valence-electron chi connectivity index (χ2n) is 6.18. The molecule has 0 saturated heterocycles. The van der Waals surface area contributed by atoms with Gasteiger partial charge in [-0.15, -0.1) is 11.3 Å². The Morgan fingerprint density at radius 2 is 1.47 bits per heavy atom. The van der Waals surface area contributed by atoms with E-state index in [4.69, 9.17) is 23.2 Å². The van der Waals surface area contributed by atoms with E-state index in [1.54, 1.807) is 10.9 Å². The van der Waals surface area contributed by atoms with Crippen molar-refractivity contribution in [2.24, 2.45) is 0 Å². The van der Waals surface area contributed by atoms with Crippen molar-refractivity contribution in [2.75, 3.05) is 0 Å². The van der Waals surface area contributed by atoms with E-state index in [1.165, 1.54) is 6.07 Å². The quantitative estimate of drug-likeness (QED) is 0.425. The van der Waals surface area contributed by atoms with Gasteiger partial charge in [0.1, 0.15) is 10.0 Å². The van der Waals surface area contributed by atoms with Crippen molar-refractivity contribution in [3.8, 4) is 16.9 Å². The number of hydrogen-bond acceptors (Lipinski definition) is 4. The predicted molar refractivity (Wildman–Crippen MR) is 118 cm³/mol. The first-order valence-electron chi connectivity index (χ1n) is 8.79. The minimum absolute atomic E-state index is 0.190. The molecule has 0 saturated carbocycles. The van der Waals surface area contributed by atoms with Crippen molar-refractivity contribution in [1.82, 2.24) is 20.6 Å². The van der Waals surface area contributed by atoms with Crippen LogP contribution in [0, 0.1) is 0 Å². The molecule has 9 heteroatoms. The number of hydrazine groups is 1. The fourth-order valence-corrected chi connectivity index (χ4v) is 4.26. The molecule has 4 aromatic rings. The summed E-state index contributed by atoms with van der Waals surface area (Å²) < 4.78 is 2.25. The average molecular weight is 457 g/mol. The van der Waals surface area contributed by atoms with E-state index in [-0.39, 0.29) is 9.90 Å². The molecule has 2 aromatic heterocycles. The van der Waals surface area contributed by atoms with E-state index in [9.17, 15) is 9.59 Å². The summed E-state index contributed by atoms with van der Waals surface area (Å²) in [7, 11) is 0. The third-order valence-electron chi connectivity index (χ3n) is 4.22. The molecule has 0 spiro atoms. The molecule has 2 amide bonds. The van der Waals surface area contributed by atoms with Crippen molar-refractivity contribution in [2.45, 2.75) is 0 Å². The van der Waals surface area contributed by atoms with Gasteiger partial charge in [0.2, 0.25) is 0 Å². The summed E-state index contributed by atoms with van der Waals surface area (Å²) in [5.74, 6) is -1.07. The Kier molecular flexibility index (Phi) is 5.85. The molecule has 0 atom stereocenters. The second-order valence-corrected chi connectivity index (χ2v) is 8.47. The molecule has 0 aliphatic heterocycles. The molecule has 2 aromatic carbocycles.